The highest BCUT2D eigenvalue weighted by Crippen LogP contribution is 2.39. The molecule has 4 rings (SSSR count). The molecular formula is C22H23N5O2S. The van der Waals surface area contributed by atoms with Crippen LogP contribution in [0.5, 0.6) is 0 Å². The van der Waals surface area contributed by atoms with Gasteiger partial charge in [-0.1, -0.05) is 36.0 Å². The van der Waals surface area contributed by atoms with Crippen molar-refractivity contribution in [3.05, 3.63) is 66.1 Å². The van der Waals surface area contributed by atoms with Gasteiger partial charge in [0.05, 0.1) is 22.8 Å². The number of amides is 2. The number of hydrogen-bond donors (Lipinski definition) is 1. The normalized spacial score (nSPS) is 13.2. The average Bonchev–Trinajstić information content (AvgIpc) is 3.12. The van der Waals surface area contributed by atoms with Crippen LogP contribution in [0.3, 0.4) is 0 Å². The van der Waals surface area contributed by atoms with Crippen molar-refractivity contribution in [2.75, 3.05) is 17.2 Å². The predicted octanol–water partition coefficient (Wildman–Crippen LogP) is 3.11. The van der Waals surface area contributed by atoms with E-state index in [0.29, 0.717) is 31.7 Å². The van der Waals surface area contributed by atoms with Crippen LogP contribution in [0.15, 0.2) is 59.9 Å². The summed E-state index contributed by atoms with van der Waals surface area (Å²) in [5.41, 5.74) is 3.60. The topological polar surface area (TPSA) is 80.1 Å². The molecule has 0 aliphatic carbocycles. The van der Waals surface area contributed by atoms with Crippen LogP contribution in [-0.2, 0) is 16.1 Å². The van der Waals surface area contributed by atoms with Crippen LogP contribution in [0.25, 0.3) is 5.69 Å². The molecule has 0 radical (unpaired) electrons. The monoisotopic (exact) mass is 421 g/mol. The molecule has 0 atom stereocenters. The molecule has 0 saturated heterocycles. The molecule has 0 saturated carbocycles. The van der Waals surface area contributed by atoms with E-state index >= 15 is 0 Å². The van der Waals surface area contributed by atoms with Gasteiger partial charge in [0.2, 0.25) is 11.8 Å². The van der Waals surface area contributed by atoms with Crippen LogP contribution in [0.1, 0.15) is 24.1 Å². The van der Waals surface area contributed by atoms with Crippen LogP contribution in [0.4, 0.5) is 5.69 Å². The molecule has 7 nitrogen and oxygen atoms in total. The molecule has 154 valence electrons. The number of aryl methyl sites for hydroxylation is 1. The van der Waals surface area contributed by atoms with Gasteiger partial charge in [0, 0.05) is 31.9 Å². The molecule has 1 aromatic carbocycles. The number of thioether (sulfide) groups is 1. The van der Waals surface area contributed by atoms with Crippen molar-refractivity contribution in [2.45, 2.75) is 31.3 Å². The van der Waals surface area contributed by atoms with E-state index in [9.17, 15) is 9.59 Å². The molecular weight excluding hydrogens is 398 g/mol. The molecule has 1 aliphatic heterocycles. The van der Waals surface area contributed by atoms with Crippen LogP contribution in [-0.4, -0.2) is 38.9 Å². The second-order valence-corrected chi connectivity index (χ2v) is 8.03. The zero-order valence-corrected chi connectivity index (χ0v) is 17.6. The van der Waals surface area contributed by atoms with Gasteiger partial charge in [-0.25, -0.2) is 4.68 Å². The minimum atomic E-state index is -0.0328. The number of carbonyl (C=O) groups excluding carboxylic acids is 2. The zero-order valence-electron chi connectivity index (χ0n) is 16.7. The number of aromatic nitrogens is 3. The third kappa shape index (κ3) is 4.38. The van der Waals surface area contributed by atoms with Crippen molar-refractivity contribution >= 4 is 29.3 Å². The number of benzene rings is 1. The van der Waals surface area contributed by atoms with Gasteiger partial charge < -0.3 is 10.2 Å². The van der Waals surface area contributed by atoms with Crippen molar-refractivity contribution in [1.29, 1.82) is 0 Å². The maximum absolute atomic E-state index is 12.6. The molecule has 0 fully saturated rings. The number of anilines is 1. The largest absolute Gasteiger partial charge is 0.352 e. The molecule has 2 amide bonds. The summed E-state index contributed by atoms with van der Waals surface area (Å²) < 4.78 is 1.90. The molecule has 3 aromatic rings. The third-order valence-electron chi connectivity index (χ3n) is 4.89. The van der Waals surface area contributed by atoms with Crippen molar-refractivity contribution in [3.8, 4) is 5.69 Å². The summed E-state index contributed by atoms with van der Waals surface area (Å²) in [4.78, 5) is 30.6. The van der Waals surface area contributed by atoms with Gasteiger partial charge in [-0.15, -0.1) is 0 Å². The number of carbonyl (C=O) groups is 2. The lowest BCUT2D eigenvalue weighted by atomic mass is 10.2. The fourth-order valence-electron chi connectivity index (χ4n) is 3.44. The molecule has 1 N–H and O–H groups in total. The minimum absolute atomic E-state index is 0.0328. The van der Waals surface area contributed by atoms with Gasteiger partial charge in [0.15, 0.2) is 0 Å². The Hall–Kier alpha value is -3.13. The van der Waals surface area contributed by atoms with Crippen molar-refractivity contribution in [3.63, 3.8) is 0 Å². The van der Waals surface area contributed by atoms with E-state index in [1.807, 2.05) is 54.1 Å². The summed E-state index contributed by atoms with van der Waals surface area (Å²) in [5.74, 6) is 0.395. The summed E-state index contributed by atoms with van der Waals surface area (Å²) in [5, 5.41) is 8.54. The lowest BCUT2D eigenvalue weighted by molar-refractivity contribution is -0.121. The first-order chi connectivity index (χ1) is 14.6. The Morgan fingerprint density at radius 3 is 2.80 bits per heavy atom. The Labute approximate surface area is 179 Å². The zero-order chi connectivity index (χ0) is 20.9. The van der Waals surface area contributed by atoms with E-state index in [4.69, 9.17) is 0 Å². The van der Waals surface area contributed by atoms with Gasteiger partial charge in [0.1, 0.15) is 5.03 Å². The molecule has 0 unspecified atom stereocenters. The molecule has 8 heteroatoms. The van der Waals surface area contributed by atoms with Crippen molar-refractivity contribution in [2.24, 2.45) is 0 Å². The van der Waals surface area contributed by atoms with E-state index in [2.05, 4.69) is 15.4 Å². The Kier molecular flexibility index (Phi) is 6.13. The summed E-state index contributed by atoms with van der Waals surface area (Å²) in [6.07, 6.45) is 4.39. The first kappa shape index (κ1) is 20.2. The number of fused-ring (bicyclic) bond motifs is 1. The highest BCUT2D eigenvalue weighted by Gasteiger charge is 2.31. The maximum Gasteiger partial charge on any atom is 0.237 e. The molecule has 0 spiro atoms. The Morgan fingerprint density at radius 1 is 1.20 bits per heavy atom. The molecule has 2 aromatic heterocycles. The minimum Gasteiger partial charge on any atom is -0.352 e. The predicted molar refractivity (Wildman–Crippen MR) is 117 cm³/mol. The summed E-state index contributed by atoms with van der Waals surface area (Å²) in [6, 6.07) is 13.7. The number of rotatable bonds is 7. The van der Waals surface area contributed by atoms with Crippen molar-refractivity contribution in [1.82, 2.24) is 20.1 Å². The fraction of sp³-hybridized carbons (Fsp3) is 0.273. The second-order valence-electron chi connectivity index (χ2n) is 7.06. The van der Waals surface area contributed by atoms with Crippen LogP contribution >= 0.6 is 11.8 Å². The van der Waals surface area contributed by atoms with E-state index < -0.39 is 0 Å². The van der Waals surface area contributed by atoms with Gasteiger partial charge in [0.25, 0.3) is 0 Å². The number of nitrogens with one attached hydrogen (secondary N) is 1. The molecule has 1 aliphatic rings. The first-order valence-electron chi connectivity index (χ1n) is 9.87. The quantitative estimate of drug-likeness (QED) is 0.634. The molecule has 3 heterocycles. The number of hydrogen-bond acceptors (Lipinski definition) is 5. The second kappa shape index (κ2) is 9.13. The van der Waals surface area contributed by atoms with Gasteiger partial charge in [-0.3, -0.25) is 14.6 Å². The van der Waals surface area contributed by atoms with Crippen LogP contribution in [0.2, 0.25) is 0 Å². The Balaban J connectivity index is 1.40. The Morgan fingerprint density at radius 2 is 2.03 bits per heavy atom. The van der Waals surface area contributed by atoms with E-state index in [-0.39, 0.29) is 11.8 Å². The van der Waals surface area contributed by atoms with Gasteiger partial charge >= 0.3 is 0 Å². The summed E-state index contributed by atoms with van der Waals surface area (Å²) >= 11 is 1.51. The third-order valence-corrected chi connectivity index (χ3v) is 5.92. The number of nitrogens with zero attached hydrogens (tertiary/aromatic N) is 4. The maximum atomic E-state index is 12.6. The standard InChI is InChI=1S/C22H23N5O2S/c1-16-21-22(27(25-16)18-8-3-2-4-9-18)30-15-20(29)26(21)12-6-10-19(28)24-14-17-7-5-11-23-13-17/h2-5,7-9,11,13H,6,10,12,14-15H2,1H3,(H,24,28). The first-order valence-corrected chi connectivity index (χ1v) is 10.9. The smallest absolute Gasteiger partial charge is 0.237 e. The summed E-state index contributed by atoms with van der Waals surface area (Å²) in [7, 11) is 0. The molecule has 0 bridgehead atoms. The average molecular weight is 422 g/mol. The summed E-state index contributed by atoms with van der Waals surface area (Å²) in [6.45, 7) is 2.87. The lowest BCUT2D eigenvalue weighted by Gasteiger charge is -2.27. The highest BCUT2D eigenvalue weighted by atomic mass is 32.2. The van der Waals surface area contributed by atoms with E-state index in [0.717, 1.165) is 27.7 Å². The SMILES string of the molecule is Cc1nn(-c2ccccc2)c2c1N(CCCC(=O)NCc1cccnc1)C(=O)CS2. The molecule has 30 heavy (non-hydrogen) atoms. The fourth-order valence-corrected chi connectivity index (χ4v) is 4.52. The number of para-hydroxylation sites is 1. The van der Waals surface area contributed by atoms with Gasteiger partial charge in [-0.2, -0.15) is 5.10 Å². The lowest BCUT2D eigenvalue weighted by Crippen LogP contribution is -2.37. The highest BCUT2D eigenvalue weighted by molar-refractivity contribution is 8.00. The number of pyridine rings is 1. The van der Waals surface area contributed by atoms with E-state index in [1.54, 1.807) is 17.3 Å². The van der Waals surface area contributed by atoms with Crippen LogP contribution in [0, 0.1) is 6.92 Å². The van der Waals surface area contributed by atoms with Crippen LogP contribution < -0.4 is 10.2 Å². The Bertz CT molecular complexity index is 1040. The van der Waals surface area contributed by atoms with Gasteiger partial charge in [-0.05, 0) is 37.1 Å². The van der Waals surface area contributed by atoms with E-state index in [1.165, 1.54) is 11.8 Å². The van der Waals surface area contributed by atoms with Crippen molar-refractivity contribution < 1.29 is 9.59 Å².